The van der Waals surface area contributed by atoms with Gasteiger partial charge in [0.15, 0.2) is 5.43 Å². The minimum atomic E-state index is 0.0908. The van der Waals surface area contributed by atoms with Crippen molar-refractivity contribution in [3.8, 4) is 5.75 Å². The number of benzene rings is 2. The molecule has 0 aliphatic rings. The Morgan fingerprint density at radius 2 is 1.81 bits per heavy atom. The molecule has 1 heterocycles. The average Bonchev–Trinajstić information content (AvgIpc) is 2.52. The fourth-order valence-electron chi connectivity index (χ4n) is 2.26. The summed E-state index contributed by atoms with van der Waals surface area (Å²) in [6.45, 7) is 0.653. The molecule has 108 valence electrons. The summed E-state index contributed by atoms with van der Waals surface area (Å²) < 4.78 is 7.69. The van der Waals surface area contributed by atoms with Crippen LogP contribution in [0.4, 0.5) is 0 Å². The fourth-order valence-corrected chi connectivity index (χ4v) is 3.55. The normalized spacial score (nSPS) is 11.1. The van der Waals surface area contributed by atoms with E-state index in [1.54, 1.807) is 11.3 Å². The summed E-state index contributed by atoms with van der Waals surface area (Å²) >= 11 is 7.27. The van der Waals surface area contributed by atoms with Gasteiger partial charge in [-0.2, -0.15) is 0 Å². The van der Waals surface area contributed by atoms with Gasteiger partial charge in [-0.1, -0.05) is 12.1 Å². The third kappa shape index (κ3) is 3.04. The third-order valence-electron chi connectivity index (χ3n) is 3.35. The number of rotatable bonds is 5. The van der Waals surface area contributed by atoms with Crippen molar-refractivity contribution in [3.63, 3.8) is 0 Å². The molecule has 0 fully saturated rings. The van der Waals surface area contributed by atoms with Crippen LogP contribution >= 0.6 is 22.9 Å². The molecule has 0 N–H and O–H groups in total. The van der Waals surface area contributed by atoms with E-state index in [4.69, 9.17) is 16.3 Å². The molecule has 0 radical (unpaired) electrons. The largest absolute Gasteiger partial charge is 0.494 e. The second kappa shape index (κ2) is 6.46. The number of unbranched alkanes of at least 4 members (excludes halogenated alkanes) is 1. The molecule has 21 heavy (non-hydrogen) atoms. The summed E-state index contributed by atoms with van der Waals surface area (Å²) in [5.41, 5.74) is 0.0908. The second-order valence-corrected chi connectivity index (χ2v) is 6.29. The van der Waals surface area contributed by atoms with Crippen molar-refractivity contribution in [1.82, 2.24) is 0 Å². The maximum absolute atomic E-state index is 12.4. The molecule has 0 bridgehead atoms. The van der Waals surface area contributed by atoms with E-state index in [0.29, 0.717) is 12.5 Å². The van der Waals surface area contributed by atoms with Gasteiger partial charge < -0.3 is 4.74 Å². The van der Waals surface area contributed by atoms with E-state index in [9.17, 15) is 4.79 Å². The van der Waals surface area contributed by atoms with Crippen molar-refractivity contribution in [2.45, 2.75) is 12.8 Å². The summed E-state index contributed by atoms with van der Waals surface area (Å²) in [5.74, 6) is 1.47. The first kappa shape index (κ1) is 14.4. The Bertz CT molecular complexity index is 826. The van der Waals surface area contributed by atoms with Crippen LogP contribution < -0.4 is 10.2 Å². The number of halogens is 1. The van der Waals surface area contributed by atoms with E-state index in [-0.39, 0.29) is 5.43 Å². The number of alkyl halides is 1. The van der Waals surface area contributed by atoms with Crippen LogP contribution in [0.1, 0.15) is 12.8 Å². The van der Waals surface area contributed by atoms with E-state index in [1.807, 2.05) is 42.5 Å². The maximum Gasteiger partial charge on any atom is 0.195 e. The highest BCUT2D eigenvalue weighted by atomic mass is 35.5. The Labute approximate surface area is 131 Å². The molecule has 0 atom stereocenters. The minimum absolute atomic E-state index is 0.0908. The lowest BCUT2D eigenvalue weighted by molar-refractivity contribution is 0.310. The van der Waals surface area contributed by atoms with Crippen LogP contribution in [-0.2, 0) is 0 Å². The van der Waals surface area contributed by atoms with Crippen molar-refractivity contribution >= 4 is 43.1 Å². The fraction of sp³-hybridized carbons (Fsp3) is 0.235. The highest BCUT2D eigenvalue weighted by Gasteiger charge is 2.06. The number of fused-ring (bicyclic) bond motifs is 2. The Kier molecular flexibility index (Phi) is 4.42. The Hall–Kier alpha value is -1.58. The van der Waals surface area contributed by atoms with Crippen molar-refractivity contribution in [2.24, 2.45) is 0 Å². The first-order chi connectivity index (χ1) is 10.3. The molecular weight excluding hydrogens is 304 g/mol. The van der Waals surface area contributed by atoms with Crippen molar-refractivity contribution in [3.05, 3.63) is 52.7 Å². The highest BCUT2D eigenvalue weighted by Crippen LogP contribution is 2.27. The molecule has 0 spiro atoms. The van der Waals surface area contributed by atoms with Crippen molar-refractivity contribution in [2.75, 3.05) is 12.5 Å². The van der Waals surface area contributed by atoms with Crippen molar-refractivity contribution < 1.29 is 4.74 Å². The van der Waals surface area contributed by atoms with Gasteiger partial charge in [0.05, 0.1) is 6.61 Å². The lowest BCUT2D eigenvalue weighted by Crippen LogP contribution is -2.02. The van der Waals surface area contributed by atoms with Gasteiger partial charge in [0.2, 0.25) is 0 Å². The van der Waals surface area contributed by atoms with Crippen LogP contribution in [0.2, 0.25) is 0 Å². The van der Waals surface area contributed by atoms with Crippen molar-refractivity contribution in [1.29, 1.82) is 0 Å². The molecule has 1 aromatic heterocycles. The van der Waals surface area contributed by atoms with E-state index < -0.39 is 0 Å². The number of hydrogen-bond acceptors (Lipinski definition) is 3. The second-order valence-electron chi connectivity index (χ2n) is 4.83. The highest BCUT2D eigenvalue weighted by molar-refractivity contribution is 7.24. The van der Waals surface area contributed by atoms with Crippen LogP contribution in [0.25, 0.3) is 20.2 Å². The Morgan fingerprint density at radius 1 is 1.00 bits per heavy atom. The number of hydrogen-bond donors (Lipinski definition) is 0. The van der Waals surface area contributed by atoms with Crippen LogP contribution in [-0.4, -0.2) is 12.5 Å². The molecule has 0 saturated heterocycles. The Balaban J connectivity index is 1.97. The molecule has 2 aromatic carbocycles. The van der Waals surface area contributed by atoms with Gasteiger partial charge in [0.25, 0.3) is 0 Å². The number of ether oxygens (including phenoxy) is 1. The minimum Gasteiger partial charge on any atom is -0.494 e. The molecule has 2 nitrogen and oxygen atoms in total. The molecule has 3 rings (SSSR count). The summed E-state index contributed by atoms with van der Waals surface area (Å²) in [7, 11) is 0. The zero-order valence-corrected chi connectivity index (χ0v) is 13.0. The van der Waals surface area contributed by atoms with Crippen LogP contribution in [0.3, 0.4) is 0 Å². The smallest absolute Gasteiger partial charge is 0.195 e. The van der Waals surface area contributed by atoms with E-state index >= 15 is 0 Å². The standard InChI is InChI=1S/C17H15ClO2S/c18-9-3-4-10-20-12-7-8-14-16(11-12)21-15-6-2-1-5-13(15)17(14)19/h1-2,5-8,11H,3-4,9-10H2. The summed E-state index contributed by atoms with van der Waals surface area (Å²) in [4.78, 5) is 12.4. The molecule has 0 unspecified atom stereocenters. The van der Waals surface area contributed by atoms with Crippen LogP contribution in [0.15, 0.2) is 47.3 Å². The van der Waals surface area contributed by atoms with Gasteiger partial charge in [-0.3, -0.25) is 4.79 Å². The van der Waals surface area contributed by atoms with Crippen LogP contribution in [0, 0.1) is 0 Å². The molecule has 0 saturated carbocycles. The maximum atomic E-state index is 12.4. The van der Waals surface area contributed by atoms with Gasteiger partial charge in [-0.05, 0) is 43.2 Å². The first-order valence-electron chi connectivity index (χ1n) is 6.94. The molecule has 4 heteroatoms. The van der Waals surface area contributed by atoms with E-state index in [2.05, 4.69) is 0 Å². The summed E-state index contributed by atoms with van der Waals surface area (Å²) in [6, 6.07) is 13.4. The zero-order chi connectivity index (χ0) is 14.7. The van der Waals surface area contributed by atoms with Gasteiger partial charge in [-0.25, -0.2) is 0 Å². The first-order valence-corrected chi connectivity index (χ1v) is 8.29. The molecule has 3 aromatic rings. The zero-order valence-electron chi connectivity index (χ0n) is 11.5. The summed E-state index contributed by atoms with van der Waals surface area (Å²) in [6.07, 6.45) is 1.89. The van der Waals surface area contributed by atoms with Gasteiger partial charge in [0, 0.05) is 26.1 Å². The SMILES string of the molecule is O=c1c2ccccc2sc2cc(OCCCCCl)ccc12. The third-order valence-corrected chi connectivity index (χ3v) is 4.75. The quantitative estimate of drug-likeness (QED) is 0.383. The predicted molar refractivity (Wildman–Crippen MR) is 91.1 cm³/mol. The van der Waals surface area contributed by atoms with Gasteiger partial charge in [-0.15, -0.1) is 22.9 Å². The topological polar surface area (TPSA) is 26.3 Å². The average molecular weight is 319 g/mol. The lowest BCUT2D eigenvalue weighted by atomic mass is 10.2. The molecular formula is C17H15ClO2S. The van der Waals surface area contributed by atoms with E-state index in [1.165, 1.54) is 0 Å². The summed E-state index contributed by atoms with van der Waals surface area (Å²) in [5, 5.41) is 1.54. The lowest BCUT2D eigenvalue weighted by Gasteiger charge is -2.07. The van der Waals surface area contributed by atoms with E-state index in [0.717, 1.165) is 38.8 Å². The molecule has 0 aliphatic carbocycles. The monoisotopic (exact) mass is 318 g/mol. The van der Waals surface area contributed by atoms with Crippen LogP contribution in [0.5, 0.6) is 5.75 Å². The predicted octanol–water partition coefficient (Wildman–Crippen LogP) is 4.81. The van der Waals surface area contributed by atoms with Gasteiger partial charge in [0.1, 0.15) is 5.75 Å². The molecule has 0 amide bonds. The molecule has 0 aliphatic heterocycles. The van der Waals surface area contributed by atoms with Gasteiger partial charge >= 0.3 is 0 Å². The Morgan fingerprint density at radius 3 is 2.67 bits per heavy atom.